The van der Waals surface area contributed by atoms with Crippen LogP contribution >= 0.6 is 0 Å². The molecule has 0 heterocycles. The molecule has 1 radical (unpaired) electrons. The molecule has 0 bridgehead atoms. The van der Waals surface area contributed by atoms with E-state index in [9.17, 15) is 0 Å². The van der Waals surface area contributed by atoms with E-state index < -0.39 is 0 Å². The Balaban J connectivity index is 0. The van der Waals surface area contributed by atoms with E-state index in [1.807, 2.05) is 0 Å². The Bertz CT molecular complexity index is 5.40. The van der Waals surface area contributed by atoms with Crippen molar-refractivity contribution in [3.63, 3.8) is 0 Å². The van der Waals surface area contributed by atoms with Crippen molar-refractivity contribution in [2.24, 2.45) is 0 Å². The zero-order valence-electron chi connectivity index (χ0n) is 8.08. The minimum atomic E-state index is 0. The van der Waals surface area contributed by atoms with Crippen molar-refractivity contribution in [3.05, 3.63) is 0 Å². The van der Waals surface area contributed by atoms with Crippen LogP contribution in [0.5, 0.6) is 0 Å². The van der Waals surface area contributed by atoms with Gasteiger partial charge in [-0.05, 0) is 0 Å². The summed E-state index contributed by atoms with van der Waals surface area (Å²) in [6.45, 7) is 0. The molecular formula is H30O15Y. The van der Waals surface area contributed by atoms with Crippen LogP contribution in [-0.4, -0.2) is 82.1 Å². The third-order valence-electron chi connectivity index (χ3n) is 0. The Hall–Kier alpha value is 0.504. The summed E-state index contributed by atoms with van der Waals surface area (Å²) in [6, 6.07) is 0. The van der Waals surface area contributed by atoms with Gasteiger partial charge in [-0.15, -0.1) is 0 Å². The van der Waals surface area contributed by atoms with Crippen molar-refractivity contribution in [2.75, 3.05) is 0 Å². The van der Waals surface area contributed by atoms with E-state index in [1.54, 1.807) is 0 Å². The average Bonchev–Trinajstić information content (AvgIpc) is 0. The first-order valence-corrected chi connectivity index (χ1v) is 0. The monoisotopic (exact) mass is 359 g/mol. The van der Waals surface area contributed by atoms with Crippen molar-refractivity contribution in [2.45, 2.75) is 0 Å². The van der Waals surface area contributed by atoms with Crippen LogP contribution in [0.25, 0.3) is 0 Å². The quantitative estimate of drug-likeness (QED) is 0.388. The maximum atomic E-state index is 0. The van der Waals surface area contributed by atoms with Crippen LogP contribution in [0.4, 0.5) is 0 Å². The third kappa shape index (κ3) is 10400. The summed E-state index contributed by atoms with van der Waals surface area (Å²) in [6.07, 6.45) is 0. The fraction of sp³-hybridized carbons (Fsp3) is 0. The number of hydrogen-bond acceptors (Lipinski definition) is 0. The molecule has 0 rings (SSSR count). The molecule has 0 unspecified atom stereocenters. The molecule has 0 aliphatic heterocycles. The van der Waals surface area contributed by atoms with Crippen molar-refractivity contribution < 1.29 is 115 Å². The molecule has 0 aliphatic rings. The molecule has 0 saturated heterocycles. The van der Waals surface area contributed by atoms with Crippen molar-refractivity contribution in [3.8, 4) is 0 Å². The Morgan fingerprint density at radius 1 is 0.125 bits per heavy atom. The van der Waals surface area contributed by atoms with E-state index in [-0.39, 0.29) is 115 Å². The molecule has 0 aromatic heterocycles. The van der Waals surface area contributed by atoms with Gasteiger partial charge in [0.1, 0.15) is 0 Å². The predicted molar refractivity (Wildman–Crippen MR) is 54.2 cm³/mol. The molecule has 0 spiro atoms. The zero-order chi connectivity index (χ0) is 0. The topological polar surface area (TPSA) is 472 Å². The summed E-state index contributed by atoms with van der Waals surface area (Å²) in [5.41, 5.74) is 0. The Morgan fingerprint density at radius 3 is 0.125 bits per heavy atom. The molecule has 0 aromatic rings. The van der Waals surface area contributed by atoms with Gasteiger partial charge in [0.2, 0.25) is 0 Å². The van der Waals surface area contributed by atoms with Gasteiger partial charge in [0.05, 0.1) is 0 Å². The maximum absolute atomic E-state index is 0. The first-order valence-electron chi connectivity index (χ1n) is 0. The molecule has 0 amide bonds. The standard InChI is InChI=1S/15H2O.Y/h15*1H2;. The van der Waals surface area contributed by atoms with E-state index in [2.05, 4.69) is 0 Å². The Morgan fingerprint density at radius 2 is 0.125 bits per heavy atom. The molecule has 30 N–H and O–H groups in total. The molecule has 0 fully saturated rings. The summed E-state index contributed by atoms with van der Waals surface area (Å²) in [5.74, 6) is 0. The smallest absolute Gasteiger partial charge is 0 e. The van der Waals surface area contributed by atoms with Gasteiger partial charge in [0, 0.05) is 32.7 Å². The molecule has 0 aliphatic carbocycles. The van der Waals surface area contributed by atoms with Crippen LogP contribution in [-0.2, 0) is 32.7 Å². The molecule has 0 aromatic carbocycles. The van der Waals surface area contributed by atoms with Crippen LogP contribution in [0.1, 0.15) is 0 Å². The van der Waals surface area contributed by atoms with Gasteiger partial charge >= 0.3 is 0 Å². The zero-order valence-corrected chi connectivity index (χ0v) is 10.9. The molecule has 16 heteroatoms. The number of rotatable bonds is 0. The van der Waals surface area contributed by atoms with Crippen LogP contribution in [0, 0.1) is 0 Å². The first kappa shape index (κ1) is 15600. The second kappa shape index (κ2) is 12800. The summed E-state index contributed by atoms with van der Waals surface area (Å²) in [7, 11) is 0. The van der Waals surface area contributed by atoms with Crippen LogP contribution in [0.2, 0.25) is 0 Å². The van der Waals surface area contributed by atoms with Crippen molar-refractivity contribution >= 4 is 0 Å². The van der Waals surface area contributed by atoms with Gasteiger partial charge in [-0.2, -0.15) is 0 Å². The summed E-state index contributed by atoms with van der Waals surface area (Å²) in [5, 5.41) is 0. The van der Waals surface area contributed by atoms with E-state index in [4.69, 9.17) is 0 Å². The van der Waals surface area contributed by atoms with Gasteiger partial charge in [-0.25, -0.2) is 0 Å². The van der Waals surface area contributed by atoms with Gasteiger partial charge in [0.15, 0.2) is 0 Å². The van der Waals surface area contributed by atoms with Crippen LogP contribution in [0.15, 0.2) is 0 Å². The normalized spacial score (nSPS) is 0. The molecule has 15 nitrogen and oxygen atoms in total. The largest absolute Gasteiger partial charge is 0.412 e. The molecular weight excluding hydrogens is 329 g/mol. The summed E-state index contributed by atoms with van der Waals surface area (Å²) >= 11 is 0. The van der Waals surface area contributed by atoms with Gasteiger partial charge in [-0.1, -0.05) is 0 Å². The summed E-state index contributed by atoms with van der Waals surface area (Å²) in [4.78, 5) is 0. The fourth-order valence-corrected chi connectivity index (χ4v) is 0. The molecule has 123 valence electrons. The van der Waals surface area contributed by atoms with Crippen molar-refractivity contribution in [1.29, 1.82) is 0 Å². The van der Waals surface area contributed by atoms with Crippen LogP contribution in [0.3, 0.4) is 0 Å². The van der Waals surface area contributed by atoms with Gasteiger partial charge in [0.25, 0.3) is 0 Å². The van der Waals surface area contributed by atoms with Crippen molar-refractivity contribution in [1.82, 2.24) is 0 Å². The average molecular weight is 359 g/mol. The molecule has 0 atom stereocenters. The van der Waals surface area contributed by atoms with Crippen LogP contribution < -0.4 is 0 Å². The summed E-state index contributed by atoms with van der Waals surface area (Å²) < 4.78 is 0. The van der Waals surface area contributed by atoms with Gasteiger partial charge in [-0.3, -0.25) is 0 Å². The minimum Gasteiger partial charge on any atom is -0.412 e. The van der Waals surface area contributed by atoms with E-state index in [0.717, 1.165) is 0 Å². The second-order valence-corrected chi connectivity index (χ2v) is 0. The van der Waals surface area contributed by atoms with Gasteiger partial charge < -0.3 is 82.1 Å². The molecule has 16 heavy (non-hydrogen) atoms. The maximum Gasteiger partial charge on any atom is 0 e. The van der Waals surface area contributed by atoms with E-state index in [1.165, 1.54) is 0 Å². The third-order valence-corrected chi connectivity index (χ3v) is 0. The number of hydrogen-bond donors (Lipinski definition) is 0. The van der Waals surface area contributed by atoms with E-state index >= 15 is 0 Å². The minimum absolute atomic E-state index is 0. The Kier molecular flexibility index (Phi) is 12500000. The first-order chi connectivity index (χ1) is 0. The molecule has 0 saturated carbocycles. The SMILES string of the molecule is O.O.O.O.O.O.O.O.O.O.O.O.O.O.O.[Y]. The van der Waals surface area contributed by atoms with E-state index in [0.29, 0.717) is 0 Å². The fourth-order valence-electron chi connectivity index (χ4n) is 0. The second-order valence-electron chi connectivity index (χ2n) is 0. The Labute approximate surface area is 115 Å². The predicted octanol–water partition coefficient (Wildman–Crippen LogP) is -12.4.